The van der Waals surface area contributed by atoms with Gasteiger partial charge in [-0.3, -0.25) is 4.68 Å². The van der Waals surface area contributed by atoms with Crippen molar-refractivity contribution in [1.82, 2.24) is 23.6 Å². The lowest BCUT2D eigenvalue weighted by molar-refractivity contribution is -0.139. The van der Waals surface area contributed by atoms with Crippen LogP contribution in [0.15, 0.2) is 29.2 Å². The number of benzene rings is 1. The maximum absolute atomic E-state index is 12.4. The van der Waals surface area contributed by atoms with Crippen molar-refractivity contribution in [1.29, 1.82) is 0 Å². The van der Waals surface area contributed by atoms with Gasteiger partial charge in [-0.05, 0) is 38.1 Å². The van der Waals surface area contributed by atoms with Crippen molar-refractivity contribution >= 4 is 44.7 Å². The summed E-state index contributed by atoms with van der Waals surface area (Å²) in [4.78, 5) is 16.8. The second-order valence-corrected chi connectivity index (χ2v) is 9.57. The van der Waals surface area contributed by atoms with Crippen LogP contribution in [0.5, 0.6) is 0 Å². The van der Waals surface area contributed by atoms with E-state index in [-0.39, 0.29) is 11.5 Å². The average Bonchev–Trinajstić information content (AvgIpc) is 3.19. The number of imidazole rings is 1. The van der Waals surface area contributed by atoms with Crippen LogP contribution in [-0.2, 0) is 39.8 Å². The molecule has 0 fully saturated rings. The number of rotatable bonds is 7. The molecule has 2 heterocycles. The number of fused-ring (bicyclic) bond motifs is 1. The molecule has 3 rings (SSSR count). The van der Waals surface area contributed by atoms with Crippen molar-refractivity contribution < 1.29 is 17.9 Å². The van der Waals surface area contributed by atoms with E-state index in [0.717, 1.165) is 9.82 Å². The molecule has 1 aromatic carbocycles. The minimum Gasteiger partial charge on any atom is -0.454 e. The molecule has 166 valence electrons. The zero-order valence-electron chi connectivity index (χ0n) is 18.0. The molecule has 2 aromatic heterocycles. The summed E-state index contributed by atoms with van der Waals surface area (Å²) < 4.78 is 34.7. The minimum atomic E-state index is -3.57. The Morgan fingerprint density at radius 2 is 2.03 bits per heavy atom. The van der Waals surface area contributed by atoms with Crippen molar-refractivity contribution in [2.24, 2.45) is 7.05 Å². The van der Waals surface area contributed by atoms with Gasteiger partial charge in [0.25, 0.3) is 0 Å². The molecular formula is C20H24ClN5O4S. The Bertz CT molecular complexity index is 1270. The van der Waals surface area contributed by atoms with Gasteiger partial charge in [-0.1, -0.05) is 11.6 Å². The molecule has 9 nitrogen and oxygen atoms in total. The highest BCUT2D eigenvalue weighted by atomic mass is 35.5. The number of nitrogens with zero attached hydrogens (tertiary/aromatic N) is 5. The molecule has 3 aromatic rings. The number of aromatic nitrogens is 4. The Morgan fingerprint density at radius 3 is 2.61 bits per heavy atom. The first kappa shape index (κ1) is 23.0. The van der Waals surface area contributed by atoms with Crippen LogP contribution in [0.25, 0.3) is 17.1 Å². The summed E-state index contributed by atoms with van der Waals surface area (Å²) in [6.07, 6.45) is 2.85. The van der Waals surface area contributed by atoms with Crippen molar-refractivity contribution in [2.75, 3.05) is 14.1 Å². The molecule has 0 radical (unpaired) electrons. The van der Waals surface area contributed by atoms with E-state index in [0.29, 0.717) is 34.3 Å². The molecule has 31 heavy (non-hydrogen) atoms. The Labute approximate surface area is 185 Å². The molecule has 0 spiro atoms. The van der Waals surface area contributed by atoms with E-state index in [1.54, 1.807) is 32.2 Å². The van der Waals surface area contributed by atoms with E-state index in [4.69, 9.17) is 16.3 Å². The van der Waals surface area contributed by atoms with Gasteiger partial charge in [0.05, 0.1) is 21.6 Å². The van der Waals surface area contributed by atoms with Crippen LogP contribution < -0.4 is 0 Å². The first-order valence-corrected chi connectivity index (χ1v) is 11.3. The first-order chi connectivity index (χ1) is 14.6. The average molecular weight is 466 g/mol. The molecule has 0 saturated heterocycles. The fraction of sp³-hybridized carbons (Fsp3) is 0.350. The molecule has 0 atom stereocenters. The Kier molecular flexibility index (Phi) is 6.54. The Balaban J connectivity index is 1.81. The van der Waals surface area contributed by atoms with Crippen molar-refractivity contribution in [2.45, 2.75) is 31.9 Å². The van der Waals surface area contributed by atoms with E-state index in [2.05, 4.69) is 10.1 Å². The molecule has 0 bridgehead atoms. The van der Waals surface area contributed by atoms with Crippen LogP contribution in [0.1, 0.15) is 24.0 Å². The molecular weight excluding hydrogens is 442 g/mol. The summed E-state index contributed by atoms with van der Waals surface area (Å²) in [5.41, 5.74) is 2.63. The van der Waals surface area contributed by atoms with Gasteiger partial charge in [0, 0.05) is 39.3 Å². The Morgan fingerprint density at radius 1 is 1.32 bits per heavy atom. The summed E-state index contributed by atoms with van der Waals surface area (Å²) in [7, 11) is 1.10. The molecule has 11 heteroatoms. The number of ether oxygens (including phenoxy) is 1. The van der Waals surface area contributed by atoms with Gasteiger partial charge >= 0.3 is 5.97 Å². The third-order valence-corrected chi connectivity index (χ3v) is 7.08. The van der Waals surface area contributed by atoms with Crippen LogP contribution in [0.4, 0.5) is 0 Å². The second-order valence-electron chi connectivity index (χ2n) is 7.06. The van der Waals surface area contributed by atoms with Gasteiger partial charge in [0.15, 0.2) is 0 Å². The third kappa shape index (κ3) is 4.51. The first-order valence-electron chi connectivity index (χ1n) is 9.51. The normalized spacial score (nSPS) is 12.4. The number of carbonyl (C=O) groups excluding carboxylic acids is 1. The quantitative estimate of drug-likeness (QED) is 0.393. The largest absolute Gasteiger partial charge is 0.454 e. The molecule has 0 N–H and O–H groups in total. The second kappa shape index (κ2) is 8.81. The fourth-order valence-electron chi connectivity index (χ4n) is 3.16. The van der Waals surface area contributed by atoms with E-state index < -0.39 is 16.0 Å². The van der Waals surface area contributed by atoms with Gasteiger partial charge in [-0.15, -0.1) is 0 Å². The predicted octanol–water partition coefficient (Wildman–Crippen LogP) is 2.76. The zero-order chi connectivity index (χ0) is 22.9. The van der Waals surface area contributed by atoms with Gasteiger partial charge in [0.1, 0.15) is 17.6 Å². The molecule has 0 aliphatic rings. The highest BCUT2D eigenvalue weighted by Gasteiger charge is 2.20. The lowest BCUT2D eigenvalue weighted by atomic mass is 10.2. The third-order valence-electron chi connectivity index (χ3n) is 4.82. The highest BCUT2D eigenvalue weighted by molar-refractivity contribution is 7.89. The number of sulfonamides is 1. The van der Waals surface area contributed by atoms with Gasteiger partial charge in [-0.25, -0.2) is 22.5 Å². The predicted molar refractivity (Wildman–Crippen MR) is 118 cm³/mol. The Hall–Kier alpha value is -2.69. The van der Waals surface area contributed by atoms with Gasteiger partial charge < -0.3 is 9.30 Å². The molecule has 0 amide bonds. The number of esters is 1. The van der Waals surface area contributed by atoms with Crippen LogP contribution in [-0.4, -0.2) is 52.1 Å². The molecule has 0 aliphatic carbocycles. The summed E-state index contributed by atoms with van der Waals surface area (Å²) in [5, 5.41) is 4.61. The SMILES string of the molecule is CCn1c(COC(=O)/C=C/c2c(C)nn(C)c2Cl)nc2cc(S(=O)(=O)N(C)C)ccc21. The highest BCUT2D eigenvalue weighted by Crippen LogP contribution is 2.23. The number of aryl methyl sites for hydroxylation is 3. The van der Waals surface area contributed by atoms with Crippen LogP contribution in [0, 0.1) is 6.92 Å². The fourth-order valence-corrected chi connectivity index (χ4v) is 4.32. The maximum atomic E-state index is 12.4. The lowest BCUT2D eigenvalue weighted by Crippen LogP contribution is -2.22. The summed E-state index contributed by atoms with van der Waals surface area (Å²) in [5.74, 6) is -0.0286. The monoisotopic (exact) mass is 465 g/mol. The van der Waals surface area contributed by atoms with Crippen molar-refractivity contribution in [3.05, 3.63) is 46.5 Å². The summed E-state index contributed by atoms with van der Waals surface area (Å²) >= 11 is 6.16. The van der Waals surface area contributed by atoms with E-state index >= 15 is 0 Å². The topological polar surface area (TPSA) is 99.3 Å². The smallest absolute Gasteiger partial charge is 0.331 e. The van der Waals surface area contributed by atoms with Gasteiger partial charge in [0.2, 0.25) is 10.0 Å². The summed E-state index contributed by atoms with van der Waals surface area (Å²) in [6, 6.07) is 4.78. The standard InChI is InChI=1S/C20H24ClN5O4S/c1-6-26-17-9-7-14(31(28,29)24(3)4)11-16(17)22-18(26)12-30-19(27)10-8-15-13(2)23-25(5)20(15)21/h7-11H,6,12H2,1-5H3/b10-8+. The number of hydrogen-bond donors (Lipinski definition) is 0. The van der Waals surface area contributed by atoms with Crippen LogP contribution in [0.2, 0.25) is 5.15 Å². The molecule has 0 unspecified atom stereocenters. The van der Waals surface area contributed by atoms with Crippen LogP contribution >= 0.6 is 11.6 Å². The van der Waals surface area contributed by atoms with Crippen molar-refractivity contribution in [3.63, 3.8) is 0 Å². The van der Waals surface area contributed by atoms with Crippen LogP contribution in [0.3, 0.4) is 0 Å². The minimum absolute atomic E-state index is 0.0544. The molecule has 0 saturated carbocycles. The lowest BCUT2D eigenvalue weighted by Gasteiger charge is -2.11. The van der Waals surface area contributed by atoms with E-state index in [9.17, 15) is 13.2 Å². The van der Waals surface area contributed by atoms with E-state index in [1.165, 1.54) is 30.9 Å². The van der Waals surface area contributed by atoms with E-state index in [1.807, 2.05) is 11.5 Å². The number of carbonyl (C=O) groups is 1. The number of halogens is 1. The van der Waals surface area contributed by atoms with Gasteiger partial charge in [-0.2, -0.15) is 5.10 Å². The number of hydrogen-bond acceptors (Lipinski definition) is 6. The zero-order valence-corrected chi connectivity index (χ0v) is 19.5. The summed E-state index contributed by atoms with van der Waals surface area (Å²) in [6.45, 7) is 4.26. The maximum Gasteiger partial charge on any atom is 0.331 e. The molecule has 0 aliphatic heterocycles. The van der Waals surface area contributed by atoms with Crippen molar-refractivity contribution in [3.8, 4) is 0 Å².